The number of para-hydroxylation sites is 1. The lowest BCUT2D eigenvalue weighted by Gasteiger charge is -2.32. The molecule has 0 fully saturated rings. The van der Waals surface area contributed by atoms with E-state index >= 15 is 0 Å². The molecule has 3 heterocycles. The van der Waals surface area contributed by atoms with E-state index in [1.54, 1.807) is 0 Å². The highest BCUT2D eigenvalue weighted by molar-refractivity contribution is 5.80. The quantitative estimate of drug-likeness (QED) is 0.579. The average molecular weight is 341 g/mol. The fraction of sp³-hybridized carbons (Fsp3) is 0.217. The molecular formula is C23H23N3. The van der Waals surface area contributed by atoms with E-state index in [-0.39, 0.29) is 0 Å². The Morgan fingerprint density at radius 1 is 1.00 bits per heavy atom. The summed E-state index contributed by atoms with van der Waals surface area (Å²) in [6.45, 7) is 3.00. The Morgan fingerprint density at radius 3 is 2.69 bits per heavy atom. The summed E-state index contributed by atoms with van der Waals surface area (Å²) in [5.41, 5.74) is 6.82. The Morgan fingerprint density at radius 2 is 1.85 bits per heavy atom. The van der Waals surface area contributed by atoms with E-state index in [1.807, 2.05) is 0 Å². The monoisotopic (exact) mass is 341 g/mol. The zero-order valence-corrected chi connectivity index (χ0v) is 15.0. The number of H-pyrrole nitrogens is 1. The maximum Gasteiger partial charge on any atom is 0.0470 e. The number of benzene rings is 2. The number of rotatable bonds is 3. The van der Waals surface area contributed by atoms with Crippen LogP contribution in [0.4, 0.5) is 0 Å². The second-order valence-corrected chi connectivity index (χ2v) is 7.45. The van der Waals surface area contributed by atoms with Crippen molar-refractivity contribution in [3.8, 4) is 0 Å². The topological polar surface area (TPSA) is 24.0 Å². The molecule has 0 saturated heterocycles. The summed E-state index contributed by atoms with van der Waals surface area (Å²) in [4.78, 5) is 6.08. The molecule has 2 aromatic carbocycles. The van der Waals surface area contributed by atoms with Gasteiger partial charge in [-0.15, -0.1) is 0 Å². The zero-order chi connectivity index (χ0) is 17.5. The first-order chi connectivity index (χ1) is 12.8. The minimum absolute atomic E-state index is 0.400. The molecule has 5 rings (SSSR count). The van der Waals surface area contributed by atoms with E-state index < -0.39 is 0 Å². The molecule has 1 aliphatic rings. The average Bonchev–Trinajstić information content (AvgIpc) is 3.29. The maximum atomic E-state index is 3.65. The second kappa shape index (κ2) is 6.19. The number of nitrogens with zero attached hydrogens (tertiary/aromatic N) is 2. The zero-order valence-electron chi connectivity index (χ0n) is 15.0. The van der Waals surface area contributed by atoms with E-state index in [9.17, 15) is 0 Å². The first-order valence-electron chi connectivity index (χ1n) is 9.25. The minimum Gasteiger partial charge on any atom is -0.358 e. The van der Waals surface area contributed by atoms with Crippen LogP contribution in [0.2, 0.25) is 0 Å². The number of hydrogen-bond acceptors (Lipinski definition) is 1. The van der Waals surface area contributed by atoms with Crippen LogP contribution in [0, 0.1) is 0 Å². The van der Waals surface area contributed by atoms with Gasteiger partial charge in [0.15, 0.2) is 0 Å². The molecule has 0 amide bonds. The lowest BCUT2D eigenvalue weighted by atomic mass is 9.86. The van der Waals surface area contributed by atoms with Crippen LogP contribution in [0.15, 0.2) is 73.1 Å². The van der Waals surface area contributed by atoms with E-state index in [2.05, 4.69) is 94.6 Å². The summed E-state index contributed by atoms with van der Waals surface area (Å²) in [5, 5.41) is 1.29. The Kier molecular flexibility index (Phi) is 3.68. The molecule has 26 heavy (non-hydrogen) atoms. The highest BCUT2D eigenvalue weighted by atomic mass is 15.1. The van der Waals surface area contributed by atoms with Crippen LogP contribution in [0.5, 0.6) is 0 Å². The van der Waals surface area contributed by atoms with Gasteiger partial charge in [-0.2, -0.15) is 0 Å². The molecule has 4 aromatic rings. The summed E-state index contributed by atoms with van der Waals surface area (Å²) >= 11 is 0. The first kappa shape index (κ1) is 15.5. The Labute approximate surface area is 153 Å². The van der Waals surface area contributed by atoms with E-state index in [1.165, 1.54) is 33.3 Å². The molecule has 0 bridgehead atoms. The van der Waals surface area contributed by atoms with Crippen LogP contribution in [-0.2, 0) is 13.1 Å². The van der Waals surface area contributed by atoms with Gasteiger partial charge in [-0.05, 0) is 53.4 Å². The molecule has 0 spiro atoms. The molecule has 2 aromatic heterocycles. The smallest absolute Gasteiger partial charge is 0.0470 e. The largest absolute Gasteiger partial charge is 0.358 e. The van der Waals surface area contributed by atoms with Gasteiger partial charge in [0.25, 0.3) is 0 Å². The SMILES string of the molecule is CN1Cc2cc(Cn3cccc3)ccc2C(c2cc3ccccc3[nH]2)C1. The molecule has 1 aliphatic heterocycles. The Hall–Kier alpha value is -2.78. The Bertz CT molecular complexity index is 1010. The molecule has 0 saturated carbocycles. The summed E-state index contributed by atoms with van der Waals surface area (Å²) in [5.74, 6) is 0.400. The Balaban J connectivity index is 1.53. The van der Waals surface area contributed by atoms with Gasteiger partial charge in [0.05, 0.1) is 0 Å². The van der Waals surface area contributed by atoms with Crippen molar-refractivity contribution in [2.24, 2.45) is 0 Å². The van der Waals surface area contributed by atoms with Crippen LogP contribution in [0.25, 0.3) is 10.9 Å². The van der Waals surface area contributed by atoms with Crippen molar-refractivity contribution in [3.63, 3.8) is 0 Å². The minimum atomic E-state index is 0.400. The third-order valence-electron chi connectivity index (χ3n) is 5.47. The number of hydrogen-bond donors (Lipinski definition) is 1. The van der Waals surface area contributed by atoms with Gasteiger partial charge in [-0.1, -0.05) is 36.4 Å². The molecule has 0 aliphatic carbocycles. The summed E-state index contributed by atoms with van der Waals surface area (Å²) in [6, 6.07) is 22.0. The third kappa shape index (κ3) is 2.74. The fourth-order valence-electron chi connectivity index (χ4n) is 4.24. The summed E-state index contributed by atoms with van der Waals surface area (Å²) < 4.78 is 2.23. The molecule has 3 heteroatoms. The van der Waals surface area contributed by atoms with Crippen molar-refractivity contribution in [2.75, 3.05) is 13.6 Å². The van der Waals surface area contributed by atoms with Gasteiger partial charge in [-0.25, -0.2) is 0 Å². The molecule has 3 nitrogen and oxygen atoms in total. The van der Waals surface area contributed by atoms with Crippen molar-refractivity contribution >= 4 is 10.9 Å². The highest BCUT2D eigenvalue weighted by Gasteiger charge is 2.26. The lowest BCUT2D eigenvalue weighted by molar-refractivity contribution is 0.293. The predicted octanol–water partition coefficient (Wildman–Crippen LogP) is 4.60. The predicted molar refractivity (Wildman–Crippen MR) is 106 cm³/mol. The molecule has 0 radical (unpaired) electrons. The van der Waals surface area contributed by atoms with Crippen molar-refractivity contribution < 1.29 is 0 Å². The van der Waals surface area contributed by atoms with E-state index in [0.717, 1.165) is 19.6 Å². The van der Waals surface area contributed by atoms with Crippen LogP contribution in [0.3, 0.4) is 0 Å². The summed E-state index contributed by atoms with van der Waals surface area (Å²) in [7, 11) is 2.22. The van der Waals surface area contributed by atoms with Crippen molar-refractivity contribution in [1.29, 1.82) is 0 Å². The van der Waals surface area contributed by atoms with Crippen LogP contribution >= 0.6 is 0 Å². The van der Waals surface area contributed by atoms with Crippen molar-refractivity contribution in [1.82, 2.24) is 14.5 Å². The van der Waals surface area contributed by atoms with Crippen LogP contribution in [-0.4, -0.2) is 28.0 Å². The standard InChI is InChI=1S/C23H23N3/c1-25-15-19-12-17(14-26-10-4-5-11-26)8-9-20(19)21(16-25)23-13-18-6-2-3-7-22(18)24-23/h2-13,21,24H,14-16H2,1H3. The van der Waals surface area contributed by atoms with Crippen LogP contribution in [0.1, 0.15) is 28.3 Å². The third-order valence-corrected chi connectivity index (χ3v) is 5.47. The van der Waals surface area contributed by atoms with Crippen LogP contribution < -0.4 is 0 Å². The molecule has 1 unspecified atom stereocenters. The molecule has 130 valence electrons. The maximum absolute atomic E-state index is 3.65. The normalized spacial score (nSPS) is 17.5. The van der Waals surface area contributed by atoms with E-state index in [4.69, 9.17) is 0 Å². The molecule has 1 atom stereocenters. The van der Waals surface area contributed by atoms with E-state index in [0.29, 0.717) is 5.92 Å². The lowest BCUT2D eigenvalue weighted by Crippen LogP contribution is -2.31. The first-order valence-corrected chi connectivity index (χ1v) is 9.25. The highest BCUT2D eigenvalue weighted by Crippen LogP contribution is 2.34. The van der Waals surface area contributed by atoms with Gasteiger partial charge in [0, 0.05) is 49.2 Å². The van der Waals surface area contributed by atoms with Crippen molar-refractivity contribution in [3.05, 3.63) is 95.4 Å². The number of aromatic amines is 1. The number of nitrogens with one attached hydrogen (secondary N) is 1. The van der Waals surface area contributed by atoms with Gasteiger partial charge >= 0.3 is 0 Å². The van der Waals surface area contributed by atoms with Gasteiger partial charge < -0.3 is 14.5 Å². The number of likely N-dealkylation sites (N-methyl/N-ethyl adjacent to an activating group) is 1. The number of aromatic nitrogens is 2. The van der Waals surface area contributed by atoms with Crippen molar-refractivity contribution in [2.45, 2.75) is 19.0 Å². The second-order valence-electron chi connectivity index (χ2n) is 7.45. The fourth-order valence-corrected chi connectivity index (χ4v) is 4.24. The molecular weight excluding hydrogens is 318 g/mol. The molecule has 1 N–H and O–H groups in total. The van der Waals surface area contributed by atoms with Gasteiger partial charge in [0.1, 0.15) is 0 Å². The van der Waals surface area contributed by atoms with Gasteiger partial charge in [0.2, 0.25) is 0 Å². The number of fused-ring (bicyclic) bond motifs is 2. The van der Waals surface area contributed by atoms with Gasteiger partial charge in [-0.3, -0.25) is 0 Å². The summed E-state index contributed by atoms with van der Waals surface area (Å²) in [6.07, 6.45) is 4.25.